The van der Waals surface area contributed by atoms with E-state index in [0.29, 0.717) is 30.7 Å². The standard InChI is InChI=1S/C15H25N5O2/c1-5-7-11-17-13-12(18(11)4)14(21)19(9-6-8-16)15(22)20(13)10(2)3/h10H,5-9,16H2,1-4H3. The quantitative estimate of drug-likeness (QED) is 0.854. The highest BCUT2D eigenvalue weighted by molar-refractivity contribution is 5.71. The van der Waals surface area contributed by atoms with Crippen molar-refractivity contribution in [2.75, 3.05) is 6.54 Å². The van der Waals surface area contributed by atoms with Gasteiger partial charge in [-0.3, -0.25) is 13.9 Å². The molecule has 0 fully saturated rings. The predicted octanol–water partition coefficient (Wildman–Crippen LogP) is 0.779. The maximum Gasteiger partial charge on any atom is 0.332 e. The smallest absolute Gasteiger partial charge is 0.330 e. The van der Waals surface area contributed by atoms with Crippen molar-refractivity contribution >= 4 is 11.2 Å². The van der Waals surface area contributed by atoms with Crippen LogP contribution >= 0.6 is 0 Å². The van der Waals surface area contributed by atoms with Crippen LogP contribution in [0.15, 0.2) is 9.59 Å². The first-order valence-electron chi connectivity index (χ1n) is 7.84. The van der Waals surface area contributed by atoms with Gasteiger partial charge in [-0.15, -0.1) is 0 Å². The Morgan fingerprint density at radius 3 is 2.50 bits per heavy atom. The summed E-state index contributed by atoms with van der Waals surface area (Å²) in [7, 11) is 1.84. The SMILES string of the molecule is CCCc1nc2c(c(=O)n(CCCN)c(=O)n2C(C)C)n1C. The molecule has 22 heavy (non-hydrogen) atoms. The van der Waals surface area contributed by atoms with E-state index >= 15 is 0 Å². The van der Waals surface area contributed by atoms with E-state index in [9.17, 15) is 9.59 Å². The third-order valence-electron chi connectivity index (χ3n) is 3.86. The minimum atomic E-state index is -0.304. The van der Waals surface area contributed by atoms with Crippen LogP contribution in [0.4, 0.5) is 0 Å². The zero-order valence-corrected chi connectivity index (χ0v) is 13.8. The summed E-state index contributed by atoms with van der Waals surface area (Å²) in [6, 6.07) is -0.0656. The molecule has 7 nitrogen and oxygen atoms in total. The highest BCUT2D eigenvalue weighted by Crippen LogP contribution is 2.14. The molecule has 0 bridgehead atoms. The van der Waals surface area contributed by atoms with Crippen LogP contribution in [0.1, 0.15) is 45.5 Å². The second-order valence-corrected chi connectivity index (χ2v) is 5.85. The first-order chi connectivity index (χ1) is 10.4. The fourth-order valence-electron chi connectivity index (χ4n) is 2.73. The highest BCUT2D eigenvalue weighted by Gasteiger charge is 2.20. The number of nitrogens with zero attached hydrogens (tertiary/aromatic N) is 4. The molecular weight excluding hydrogens is 282 g/mol. The Hall–Kier alpha value is -1.89. The number of aromatic nitrogens is 4. The lowest BCUT2D eigenvalue weighted by Gasteiger charge is -2.14. The number of nitrogens with two attached hydrogens (primary N) is 1. The average molecular weight is 307 g/mol. The van der Waals surface area contributed by atoms with Gasteiger partial charge in [0.2, 0.25) is 0 Å². The Bertz CT molecular complexity index is 782. The first kappa shape index (κ1) is 16.5. The molecule has 2 heterocycles. The molecule has 0 saturated heterocycles. The number of hydrogen-bond acceptors (Lipinski definition) is 4. The topological polar surface area (TPSA) is 87.8 Å². The molecule has 0 aliphatic rings. The number of aryl methyl sites for hydroxylation is 2. The lowest BCUT2D eigenvalue weighted by atomic mass is 10.3. The highest BCUT2D eigenvalue weighted by atomic mass is 16.2. The molecule has 2 N–H and O–H groups in total. The van der Waals surface area contributed by atoms with Gasteiger partial charge in [-0.1, -0.05) is 6.92 Å². The Morgan fingerprint density at radius 2 is 1.95 bits per heavy atom. The van der Waals surface area contributed by atoms with Crippen molar-refractivity contribution in [3.05, 3.63) is 26.7 Å². The number of fused-ring (bicyclic) bond motifs is 1. The summed E-state index contributed by atoms with van der Waals surface area (Å²) in [5.41, 5.74) is 5.92. The van der Waals surface area contributed by atoms with Crippen LogP contribution in [0.5, 0.6) is 0 Å². The van der Waals surface area contributed by atoms with E-state index in [-0.39, 0.29) is 17.3 Å². The normalized spacial score (nSPS) is 11.7. The summed E-state index contributed by atoms with van der Waals surface area (Å²) < 4.78 is 4.71. The van der Waals surface area contributed by atoms with Gasteiger partial charge in [-0.25, -0.2) is 9.78 Å². The Balaban J connectivity index is 2.86. The lowest BCUT2D eigenvalue weighted by molar-refractivity contribution is 0.514. The third-order valence-corrected chi connectivity index (χ3v) is 3.86. The van der Waals surface area contributed by atoms with Gasteiger partial charge < -0.3 is 10.3 Å². The molecule has 7 heteroatoms. The molecule has 2 rings (SSSR count). The predicted molar refractivity (Wildman–Crippen MR) is 87.3 cm³/mol. The van der Waals surface area contributed by atoms with Crippen molar-refractivity contribution in [1.29, 1.82) is 0 Å². The second-order valence-electron chi connectivity index (χ2n) is 5.85. The van der Waals surface area contributed by atoms with Gasteiger partial charge in [0.05, 0.1) is 0 Å². The zero-order valence-electron chi connectivity index (χ0n) is 13.8. The molecule has 0 spiro atoms. The van der Waals surface area contributed by atoms with Crippen molar-refractivity contribution in [3.63, 3.8) is 0 Å². The molecule has 0 aromatic carbocycles. The molecule has 2 aromatic heterocycles. The van der Waals surface area contributed by atoms with E-state index in [4.69, 9.17) is 5.73 Å². The van der Waals surface area contributed by atoms with Crippen LogP contribution in [-0.2, 0) is 20.0 Å². The van der Waals surface area contributed by atoms with Crippen LogP contribution in [0.2, 0.25) is 0 Å². The van der Waals surface area contributed by atoms with Crippen LogP contribution in [0, 0.1) is 0 Å². The molecule has 0 unspecified atom stereocenters. The van der Waals surface area contributed by atoms with E-state index in [1.807, 2.05) is 25.5 Å². The van der Waals surface area contributed by atoms with Crippen LogP contribution in [-0.4, -0.2) is 25.2 Å². The van der Waals surface area contributed by atoms with Gasteiger partial charge in [0.15, 0.2) is 11.2 Å². The minimum absolute atomic E-state index is 0.0656. The largest absolute Gasteiger partial charge is 0.332 e. The maximum absolute atomic E-state index is 12.7. The fraction of sp³-hybridized carbons (Fsp3) is 0.667. The molecule has 0 aliphatic carbocycles. The van der Waals surface area contributed by atoms with E-state index in [1.54, 1.807) is 4.57 Å². The van der Waals surface area contributed by atoms with E-state index in [2.05, 4.69) is 11.9 Å². The maximum atomic E-state index is 12.7. The molecule has 2 aromatic rings. The summed E-state index contributed by atoms with van der Waals surface area (Å²) in [5, 5.41) is 0. The molecule has 0 aliphatic heterocycles. The second kappa shape index (κ2) is 6.48. The van der Waals surface area contributed by atoms with Gasteiger partial charge in [0.1, 0.15) is 5.82 Å². The Labute approximate surface area is 129 Å². The van der Waals surface area contributed by atoms with Gasteiger partial charge >= 0.3 is 5.69 Å². The van der Waals surface area contributed by atoms with Crippen molar-refractivity contribution in [3.8, 4) is 0 Å². The van der Waals surface area contributed by atoms with E-state index < -0.39 is 0 Å². The van der Waals surface area contributed by atoms with E-state index in [1.165, 1.54) is 4.57 Å². The summed E-state index contributed by atoms with van der Waals surface area (Å²) in [4.78, 5) is 29.9. The molecule has 0 atom stereocenters. The van der Waals surface area contributed by atoms with Crippen molar-refractivity contribution in [2.45, 2.75) is 52.6 Å². The summed E-state index contributed by atoms with van der Waals surface area (Å²) in [6.45, 7) is 6.69. The Kier molecular flexibility index (Phi) is 4.85. The monoisotopic (exact) mass is 307 g/mol. The van der Waals surface area contributed by atoms with Crippen molar-refractivity contribution in [1.82, 2.24) is 18.7 Å². The van der Waals surface area contributed by atoms with E-state index in [0.717, 1.165) is 18.7 Å². The lowest BCUT2D eigenvalue weighted by Crippen LogP contribution is -2.41. The number of hydrogen-bond donors (Lipinski definition) is 1. The van der Waals surface area contributed by atoms with Crippen LogP contribution in [0.3, 0.4) is 0 Å². The summed E-state index contributed by atoms with van der Waals surface area (Å²) in [6.07, 6.45) is 2.31. The van der Waals surface area contributed by atoms with Crippen LogP contribution < -0.4 is 17.0 Å². The van der Waals surface area contributed by atoms with Gasteiger partial charge in [0, 0.05) is 26.1 Å². The average Bonchev–Trinajstić information content (AvgIpc) is 2.76. The third kappa shape index (κ3) is 2.61. The molecule has 0 radical (unpaired) electrons. The molecule has 0 amide bonds. The van der Waals surface area contributed by atoms with Gasteiger partial charge in [-0.2, -0.15) is 0 Å². The van der Waals surface area contributed by atoms with Crippen LogP contribution in [0.25, 0.3) is 11.2 Å². The van der Waals surface area contributed by atoms with Crippen molar-refractivity contribution in [2.24, 2.45) is 12.8 Å². The first-order valence-corrected chi connectivity index (χ1v) is 7.84. The molecule has 0 saturated carbocycles. The summed E-state index contributed by atoms with van der Waals surface area (Å²) in [5.74, 6) is 0.833. The number of imidazole rings is 1. The Morgan fingerprint density at radius 1 is 1.27 bits per heavy atom. The fourth-order valence-corrected chi connectivity index (χ4v) is 2.73. The molecule has 122 valence electrons. The zero-order chi connectivity index (χ0) is 16.4. The van der Waals surface area contributed by atoms with Crippen molar-refractivity contribution < 1.29 is 0 Å². The number of rotatable bonds is 6. The summed E-state index contributed by atoms with van der Waals surface area (Å²) >= 11 is 0. The molecular formula is C15H25N5O2. The minimum Gasteiger partial charge on any atom is -0.330 e. The van der Waals surface area contributed by atoms with Gasteiger partial charge in [-0.05, 0) is 33.2 Å². The van der Waals surface area contributed by atoms with Gasteiger partial charge in [0.25, 0.3) is 5.56 Å².